The fraction of sp³-hybridized carbons (Fsp3) is 1.00. The Labute approximate surface area is 135 Å². The SMILES string of the molecule is C.C.C.C.CC(C)(C)C(C)(C)C.CC(C)(C)C(C)(C)C. The molecule has 132 valence electrons. The lowest BCUT2D eigenvalue weighted by atomic mass is 9.71. The Morgan fingerprint density at radius 3 is 0.300 bits per heavy atom. The Hall–Kier alpha value is 0. The highest BCUT2D eigenvalue weighted by Gasteiger charge is 2.27. The van der Waals surface area contributed by atoms with Gasteiger partial charge in [-0.05, 0) is 21.7 Å². The van der Waals surface area contributed by atoms with Gasteiger partial charge in [-0.25, -0.2) is 0 Å². The van der Waals surface area contributed by atoms with Crippen molar-refractivity contribution in [2.45, 2.75) is 113 Å². The van der Waals surface area contributed by atoms with Crippen LogP contribution in [0.1, 0.15) is 113 Å². The van der Waals surface area contributed by atoms with Gasteiger partial charge in [-0.3, -0.25) is 0 Å². The Balaban J connectivity index is -0.0000000408. The van der Waals surface area contributed by atoms with Crippen molar-refractivity contribution in [2.75, 3.05) is 0 Å². The quantitative estimate of drug-likeness (QED) is 0.419. The van der Waals surface area contributed by atoms with Gasteiger partial charge in [-0.2, -0.15) is 0 Å². The van der Waals surface area contributed by atoms with Crippen LogP contribution in [-0.4, -0.2) is 0 Å². The van der Waals surface area contributed by atoms with Crippen LogP contribution in [0.2, 0.25) is 0 Å². The standard InChI is InChI=1S/2C8H18.4CH4/c2*1-7(2,3)8(4,5)6;;;;/h2*1-6H3;4*1H4. The third-order valence-corrected chi connectivity index (χ3v) is 4.50. The van der Waals surface area contributed by atoms with E-state index >= 15 is 0 Å². The first-order valence-corrected chi connectivity index (χ1v) is 6.50. The third kappa shape index (κ3) is 16.1. The number of rotatable bonds is 0. The summed E-state index contributed by atoms with van der Waals surface area (Å²) < 4.78 is 0. The Bertz CT molecular complexity index is 134. The average Bonchev–Trinajstić information content (AvgIpc) is 1.77. The monoisotopic (exact) mass is 292 g/mol. The molecule has 0 amide bonds. The lowest BCUT2D eigenvalue weighted by Gasteiger charge is -2.34. The lowest BCUT2D eigenvalue weighted by molar-refractivity contribution is 0.157. The molecule has 0 heteroatoms. The smallest absolute Gasteiger partial charge is 0.0334 e. The highest BCUT2D eigenvalue weighted by Crippen LogP contribution is 2.37. The molecule has 0 atom stereocenters. The van der Waals surface area contributed by atoms with Crippen LogP contribution in [0.25, 0.3) is 0 Å². The number of hydrogen-bond acceptors (Lipinski definition) is 0. The molecule has 0 aliphatic heterocycles. The van der Waals surface area contributed by atoms with Crippen LogP contribution in [-0.2, 0) is 0 Å². The van der Waals surface area contributed by atoms with E-state index in [9.17, 15) is 0 Å². The second-order valence-corrected chi connectivity index (χ2v) is 9.00. The van der Waals surface area contributed by atoms with Gasteiger partial charge >= 0.3 is 0 Å². The molecule has 0 heterocycles. The summed E-state index contributed by atoms with van der Waals surface area (Å²) in [5.74, 6) is 0. The van der Waals surface area contributed by atoms with Crippen LogP contribution in [0.3, 0.4) is 0 Å². The Morgan fingerprint density at radius 1 is 0.250 bits per heavy atom. The lowest BCUT2D eigenvalue weighted by Crippen LogP contribution is -2.25. The van der Waals surface area contributed by atoms with Crippen molar-refractivity contribution in [1.82, 2.24) is 0 Å². The van der Waals surface area contributed by atoms with Gasteiger partial charge < -0.3 is 0 Å². The van der Waals surface area contributed by atoms with E-state index in [2.05, 4.69) is 83.1 Å². The highest BCUT2D eigenvalue weighted by molar-refractivity contribution is 4.77. The van der Waals surface area contributed by atoms with Gasteiger partial charge in [-0.15, -0.1) is 0 Å². The first-order valence-electron chi connectivity index (χ1n) is 6.50. The van der Waals surface area contributed by atoms with Gasteiger partial charge in [0.2, 0.25) is 0 Å². The zero-order chi connectivity index (χ0) is 14.0. The fourth-order valence-electron chi connectivity index (χ4n) is 0. The third-order valence-electron chi connectivity index (χ3n) is 4.50. The molecular formula is C20H52. The molecule has 0 spiro atoms. The molecule has 0 rings (SSSR count). The molecule has 0 saturated heterocycles. The zero-order valence-corrected chi connectivity index (χ0v) is 14.0. The van der Waals surface area contributed by atoms with E-state index in [1.165, 1.54) is 0 Å². The van der Waals surface area contributed by atoms with E-state index in [1.807, 2.05) is 0 Å². The summed E-state index contributed by atoms with van der Waals surface area (Å²) >= 11 is 0. The maximum Gasteiger partial charge on any atom is -0.0334 e. The van der Waals surface area contributed by atoms with Crippen molar-refractivity contribution >= 4 is 0 Å². The molecule has 0 aromatic heterocycles. The molecule has 0 radical (unpaired) electrons. The first kappa shape index (κ1) is 36.8. The van der Waals surface area contributed by atoms with E-state index in [0.29, 0.717) is 21.7 Å². The van der Waals surface area contributed by atoms with E-state index in [-0.39, 0.29) is 29.7 Å². The van der Waals surface area contributed by atoms with Crippen LogP contribution in [0.15, 0.2) is 0 Å². The normalized spacial score (nSPS) is 11.4. The molecule has 0 saturated carbocycles. The average molecular weight is 293 g/mol. The summed E-state index contributed by atoms with van der Waals surface area (Å²) in [6.45, 7) is 27.2. The summed E-state index contributed by atoms with van der Waals surface area (Å²) in [4.78, 5) is 0. The summed E-state index contributed by atoms with van der Waals surface area (Å²) in [6, 6.07) is 0. The van der Waals surface area contributed by atoms with Crippen molar-refractivity contribution in [3.05, 3.63) is 0 Å². The maximum absolute atomic E-state index is 2.27. The minimum Gasteiger partial charge on any atom is -0.0776 e. The van der Waals surface area contributed by atoms with Gasteiger partial charge in [0.1, 0.15) is 0 Å². The van der Waals surface area contributed by atoms with Crippen LogP contribution < -0.4 is 0 Å². The zero-order valence-electron chi connectivity index (χ0n) is 14.0. The minimum atomic E-state index is 0. The van der Waals surface area contributed by atoms with Gasteiger partial charge in [0, 0.05) is 0 Å². The molecule has 20 heavy (non-hydrogen) atoms. The van der Waals surface area contributed by atoms with Gasteiger partial charge in [-0.1, -0.05) is 113 Å². The molecule has 0 aromatic rings. The van der Waals surface area contributed by atoms with Crippen molar-refractivity contribution < 1.29 is 0 Å². The minimum absolute atomic E-state index is 0. The van der Waals surface area contributed by atoms with E-state index in [4.69, 9.17) is 0 Å². The second-order valence-electron chi connectivity index (χ2n) is 9.00. The molecule has 0 aliphatic rings. The highest BCUT2D eigenvalue weighted by atomic mass is 14.3. The molecule has 0 nitrogen and oxygen atoms in total. The Morgan fingerprint density at radius 2 is 0.300 bits per heavy atom. The summed E-state index contributed by atoms with van der Waals surface area (Å²) in [7, 11) is 0. The van der Waals surface area contributed by atoms with Gasteiger partial charge in [0.05, 0.1) is 0 Å². The molecule has 0 aromatic carbocycles. The van der Waals surface area contributed by atoms with Gasteiger partial charge in [0.25, 0.3) is 0 Å². The van der Waals surface area contributed by atoms with Crippen molar-refractivity contribution in [3.8, 4) is 0 Å². The van der Waals surface area contributed by atoms with Crippen molar-refractivity contribution in [3.63, 3.8) is 0 Å². The van der Waals surface area contributed by atoms with Crippen LogP contribution >= 0.6 is 0 Å². The first-order chi connectivity index (χ1) is 6.50. The molecular weight excluding hydrogens is 240 g/mol. The molecule has 0 bridgehead atoms. The summed E-state index contributed by atoms with van der Waals surface area (Å²) in [5.41, 5.74) is 1.75. The van der Waals surface area contributed by atoms with Crippen molar-refractivity contribution in [2.24, 2.45) is 21.7 Å². The molecule has 0 fully saturated rings. The second kappa shape index (κ2) is 10.7. The largest absolute Gasteiger partial charge is 0.0776 e. The van der Waals surface area contributed by atoms with E-state index in [1.54, 1.807) is 0 Å². The predicted octanol–water partition coefficient (Wildman–Crippen LogP) is 8.70. The van der Waals surface area contributed by atoms with Crippen LogP contribution in [0.4, 0.5) is 0 Å². The topological polar surface area (TPSA) is 0 Å². The van der Waals surface area contributed by atoms with E-state index < -0.39 is 0 Å². The summed E-state index contributed by atoms with van der Waals surface area (Å²) in [6.07, 6.45) is 0. The van der Waals surface area contributed by atoms with E-state index in [0.717, 1.165) is 0 Å². The Kier molecular flexibility index (Phi) is 19.7. The molecule has 0 unspecified atom stereocenters. The van der Waals surface area contributed by atoms with Gasteiger partial charge in [0.15, 0.2) is 0 Å². The van der Waals surface area contributed by atoms with Crippen molar-refractivity contribution in [1.29, 1.82) is 0 Å². The van der Waals surface area contributed by atoms with Crippen LogP contribution in [0, 0.1) is 21.7 Å². The molecule has 0 aliphatic carbocycles. The fourth-order valence-corrected chi connectivity index (χ4v) is 0. The predicted molar refractivity (Wildman–Crippen MR) is 105 cm³/mol. The number of hydrogen-bond donors (Lipinski definition) is 0. The maximum atomic E-state index is 2.27. The van der Waals surface area contributed by atoms with Crippen LogP contribution in [0.5, 0.6) is 0 Å². The summed E-state index contributed by atoms with van der Waals surface area (Å²) in [5, 5.41) is 0. The molecule has 0 N–H and O–H groups in total.